The first-order valence-corrected chi connectivity index (χ1v) is 10.3. The minimum atomic E-state index is -1.04. The van der Waals surface area contributed by atoms with E-state index in [4.69, 9.17) is 22.4 Å². The largest absolute Gasteiger partial charge is 0.339 e. The first-order chi connectivity index (χ1) is 15.9. The molecule has 0 fully saturated rings. The van der Waals surface area contributed by atoms with Crippen molar-refractivity contribution in [1.29, 1.82) is 0 Å². The highest BCUT2D eigenvalue weighted by molar-refractivity contribution is 5.97. The molecule has 0 saturated heterocycles. The molecular formula is C23H28N6O4. The molecule has 174 valence electrons. The lowest BCUT2D eigenvalue weighted by Crippen LogP contribution is -2.50. The Morgan fingerprint density at radius 2 is 1.48 bits per heavy atom. The van der Waals surface area contributed by atoms with E-state index in [0.717, 1.165) is 5.56 Å². The van der Waals surface area contributed by atoms with Crippen LogP contribution in [0.2, 0.25) is 0 Å². The van der Waals surface area contributed by atoms with E-state index in [1.807, 2.05) is 0 Å². The lowest BCUT2D eigenvalue weighted by atomic mass is 10.1. The van der Waals surface area contributed by atoms with E-state index in [2.05, 4.69) is 22.5 Å². The van der Waals surface area contributed by atoms with E-state index in [-0.39, 0.29) is 12.5 Å². The molecule has 0 aliphatic rings. The van der Waals surface area contributed by atoms with Crippen LogP contribution in [0.5, 0.6) is 0 Å². The topological polar surface area (TPSA) is 186 Å². The molecule has 0 spiro atoms. The van der Waals surface area contributed by atoms with Crippen LogP contribution < -0.4 is 33.3 Å². The molecule has 0 heterocycles. The molecule has 2 aromatic carbocycles. The standard InChI is InChI=1S/C23H28N6O4/c24-13-1-2-19(26)22(31)27-18-11-7-16(8-12-18)4-3-15-5-9-17(10-6-15)21(30)28-20(14-25)23(32)29-33/h5-12,19-20,33H,1-2,13-14,24-26H2,(H,27,31)(H,28,30)(H,29,32)/t19?,20-/m0/s1. The van der Waals surface area contributed by atoms with Crippen molar-refractivity contribution in [3.05, 3.63) is 65.2 Å². The summed E-state index contributed by atoms with van der Waals surface area (Å²) in [5, 5.41) is 13.9. The zero-order valence-corrected chi connectivity index (χ0v) is 18.0. The van der Waals surface area contributed by atoms with Crippen LogP contribution in [0, 0.1) is 11.8 Å². The van der Waals surface area contributed by atoms with Crippen LogP contribution in [-0.4, -0.2) is 48.1 Å². The Morgan fingerprint density at radius 3 is 2.00 bits per heavy atom. The number of carbonyl (C=O) groups excluding carboxylic acids is 3. The number of nitrogens with two attached hydrogens (primary N) is 3. The molecule has 0 saturated carbocycles. The Hall–Kier alpha value is -3.75. The first kappa shape index (κ1) is 25.5. The smallest absolute Gasteiger partial charge is 0.267 e. The molecule has 10 nitrogen and oxygen atoms in total. The Kier molecular flexibility index (Phi) is 10.0. The Balaban J connectivity index is 1.96. The molecule has 0 bridgehead atoms. The van der Waals surface area contributed by atoms with Crippen LogP contribution in [0.15, 0.2) is 48.5 Å². The number of benzene rings is 2. The molecule has 2 atom stereocenters. The molecule has 0 aromatic heterocycles. The molecule has 33 heavy (non-hydrogen) atoms. The second-order valence-electron chi connectivity index (χ2n) is 7.17. The molecule has 10 heteroatoms. The van der Waals surface area contributed by atoms with Gasteiger partial charge < -0.3 is 27.8 Å². The van der Waals surface area contributed by atoms with Gasteiger partial charge in [-0.05, 0) is 67.9 Å². The number of hydroxylamine groups is 1. The monoisotopic (exact) mass is 452 g/mol. The second kappa shape index (κ2) is 12.9. The highest BCUT2D eigenvalue weighted by Crippen LogP contribution is 2.10. The number of hydrogen-bond acceptors (Lipinski definition) is 7. The maximum absolute atomic E-state index is 12.2. The fraction of sp³-hybridized carbons (Fsp3) is 0.261. The third kappa shape index (κ3) is 8.03. The summed E-state index contributed by atoms with van der Waals surface area (Å²) in [6, 6.07) is 11.8. The highest BCUT2D eigenvalue weighted by atomic mass is 16.5. The minimum absolute atomic E-state index is 0.161. The number of anilines is 1. The first-order valence-electron chi connectivity index (χ1n) is 10.3. The van der Waals surface area contributed by atoms with Crippen molar-refractivity contribution in [2.24, 2.45) is 17.2 Å². The molecule has 0 aliphatic heterocycles. The maximum atomic E-state index is 12.2. The summed E-state index contributed by atoms with van der Waals surface area (Å²) in [4.78, 5) is 35.7. The average molecular weight is 453 g/mol. The molecule has 0 radical (unpaired) electrons. The Labute approximate surface area is 191 Å². The van der Waals surface area contributed by atoms with Gasteiger partial charge in [-0.25, -0.2) is 5.48 Å². The number of carbonyl (C=O) groups is 3. The minimum Gasteiger partial charge on any atom is -0.339 e. The maximum Gasteiger partial charge on any atom is 0.267 e. The summed E-state index contributed by atoms with van der Waals surface area (Å²) in [7, 11) is 0. The fourth-order valence-corrected chi connectivity index (χ4v) is 2.74. The van der Waals surface area contributed by atoms with Crippen molar-refractivity contribution in [1.82, 2.24) is 10.8 Å². The lowest BCUT2D eigenvalue weighted by molar-refractivity contribution is -0.130. The van der Waals surface area contributed by atoms with E-state index in [0.29, 0.717) is 36.2 Å². The van der Waals surface area contributed by atoms with Crippen molar-refractivity contribution in [3.63, 3.8) is 0 Å². The van der Waals surface area contributed by atoms with Gasteiger partial charge in [-0.1, -0.05) is 11.8 Å². The number of amides is 3. The van der Waals surface area contributed by atoms with Gasteiger partial charge >= 0.3 is 0 Å². The van der Waals surface area contributed by atoms with Crippen LogP contribution in [-0.2, 0) is 9.59 Å². The molecule has 3 amide bonds. The van der Waals surface area contributed by atoms with Gasteiger partial charge in [-0.15, -0.1) is 0 Å². The summed E-state index contributed by atoms with van der Waals surface area (Å²) < 4.78 is 0. The summed E-state index contributed by atoms with van der Waals surface area (Å²) in [6.07, 6.45) is 1.21. The molecule has 2 rings (SSSR count). The van der Waals surface area contributed by atoms with Gasteiger partial charge in [0.1, 0.15) is 6.04 Å². The Morgan fingerprint density at radius 1 is 0.909 bits per heavy atom. The van der Waals surface area contributed by atoms with Crippen molar-refractivity contribution in [3.8, 4) is 11.8 Å². The zero-order chi connectivity index (χ0) is 24.2. The van der Waals surface area contributed by atoms with Gasteiger partial charge in [-0.3, -0.25) is 19.6 Å². The summed E-state index contributed by atoms with van der Waals surface area (Å²) in [5.41, 5.74) is 20.5. The summed E-state index contributed by atoms with van der Waals surface area (Å²) >= 11 is 0. The van der Waals surface area contributed by atoms with Gasteiger partial charge in [0.25, 0.3) is 11.8 Å². The molecule has 0 aliphatic carbocycles. The SMILES string of the molecule is NCCCC(N)C(=O)Nc1ccc(C#Cc2ccc(C(=O)N[C@@H](CN)C(=O)NO)cc2)cc1. The van der Waals surface area contributed by atoms with Crippen molar-refractivity contribution < 1.29 is 19.6 Å². The van der Waals surface area contributed by atoms with Gasteiger partial charge in [0.15, 0.2) is 0 Å². The van der Waals surface area contributed by atoms with Gasteiger partial charge in [0, 0.05) is 28.9 Å². The van der Waals surface area contributed by atoms with Crippen LogP contribution in [0.1, 0.15) is 34.3 Å². The third-order valence-corrected chi connectivity index (χ3v) is 4.67. The predicted molar refractivity (Wildman–Crippen MR) is 124 cm³/mol. The van der Waals surface area contributed by atoms with Gasteiger partial charge in [0.2, 0.25) is 5.91 Å². The molecule has 1 unspecified atom stereocenters. The third-order valence-electron chi connectivity index (χ3n) is 4.67. The molecule has 10 N–H and O–H groups in total. The van der Waals surface area contributed by atoms with Gasteiger partial charge in [0.05, 0.1) is 6.04 Å². The molecular weight excluding hydrogens is 424 g/mol. The normalized spacial score (nSPS) is 12.0. The quantitative estimate of drug-likeness (QED) is 0.154. The van der Waals surface area contributed by atoms with E-state index in [9.17, 15) is 14.4 Å². The van der Waals surface area contributed by atoms with Crippen molar-refractivity contribution >= 4 is 23.4 Å². The highest BCUT2D eigenvalue weighted by Gasteiger charge is 2.19. The van der Waals surface area contributed by atoms with Crippen molar-refractivity contribution in [2.75, 3.05) is 18.4 Å². The molecule has 2 aromatic rings. The van der Waals surface area contributed by atoms with E-state index < -0.39 is 23.9 Å². The summed E-state index contributed by atoms with van der Waals surface area (Å²) in [5.74, 6) is 4.43. The van der Waals surface area contributed by atoms with Crippen LogP contribution >= 0.6 is 0 Å². The van der Waals surface area contributed by atoms with E-state index in [1.165, 1.54) is 5.48 Å². The van der Waals surface area contributed by atoms with E-state index >= 15 is 0 Å². The Bertz CT molecular complexity index is 1010. The van der Waals surface area contributed by atoms with Gasteiger partial charge in [-0.2, -0.15) is 0 Å². The van der Waals surface area contributed by atoms with Crippen molar-refractivity contribution in [2.45, 2.75) is 24.9 Å². The summed E-state index contributed by atoms with van der Waals surface area (Å²) in [6.45, 7) is 0.327. The number of hydrogen-bond donors (Lipinski definition) is 7. The lowest BCUT2D eigenvalue weighted by Gasteiger charge is -2.14. The second-order valence-corrected chi connectivity index (χ2v) is 7.17. The van der Waals surface area contributed by atoms with Crippen LogP contribution in [0.3, 0.4) is 0 Å². The number of rotatable bonds is 9. The average Bonchev–Trinajstić information content (AvgIpc) is 2.84. The van der Waals surface area contributed by atoms with E-state index in [1.54, 1.807) is 48.5 Å². The van der Waals surface area contributed by atoms with Crippen LogP contribution in [0.25, 0.3) is 0 Å². The van der Waals surface area contributed by atoms with Crippen LogP contribution in [0.4, 0.5) is 5.69 Å². The predicted octanol–water partition coefficient (Wildman–Crippen LogP) is -0.346. The number of nitrogens with one attached hydrogen (secondary N) is 3. The zero-order valence-electron chi connectivity index (χ0n) is 18.0. The fourth-order valence-electron chi connectivity index (χ4n) is 2.74.